The maximum absolute atomic E-state index is 4.83. The molecule has 0 aromatic rings. The molecule has 0 saturated carbocycles. The molecule has 0 unspecified atom stereocenters. The number of nitrogens with zero attached hydrogens (tertiary/aromatic N) is 1. The lowest BCUT2D eigenvalue weighted by Gasteiger charge is -2.16. The predicted octanol–water partition coefficient (Wildman–Crippen LogP) is 0.744. The van der Waals surface area contributed by atoms with Crippen molar-refractivity contribution in [2.75, 3.05) is 0 Å². The first-order valence-electron chi connectivity index (χ1n) is 3.02. The molecular weight excluding hydrogens is 146 g/mol. The van der Waals surface area contributed by atoms with Gasteiger partial charge in [-0.1, -0.05) is 6.08 Å². The largest absolute Gasteiger partial charge is 0.330 e. The minimum Gasteiger partial charge on any atom is -0.330 e. The van der Waals surface area contributed by atoms with Gasteiger partial charge in [0.05, 0.1) is 11.4 Å². The van der Waals surface area contributed by atoms with Crippen LogP contribution in [0.3, 0.4) is 0 Å². The number of hydrazone groups is 1. The summed E-state index contributed by atoms with van der Waals surface area (Å²) < 4.78 is 0. The maximum Gasteiger partial charge on any atom is 0.191 e. The molecule has 3 nitrogen and oxygen atoms in total. The van der Waals surface area contributed by atoms with Gasteiger partial charge in [0.2, 0.25) is 0 Å². The van der Waals surface area contributed by atoms with Crippen LogP contribution in [-0.4, -0.2) is 10.8 Å². The Balaban J connectivity index is 2.85. The summed E-state index contributed by atoms with van der Waals surface area (Å²) in [7, 11) is 0. The summed E-state index contributed by atoms with van der Waals surface area (Å²) in [5.74, 6) is 0. The molecule has 0 bridgehead atoms. The zero-order chi connectivity index (χ0) is 7.56. The molecule has 4 heteroatoms. The first-order valence-corrected chi connectivity index (χ1v) is 3.43. The van der Waals surface area contributed by atoms with Crippen LogP contribution in [-0.2, 0) is 0 Å². The molecule has 0 aromatic carbocycles. The second-order valence-electron chi connectivity index (χ2n) is 1.97. The Morgan fingerprint density at radius 3 is 2.80 bits per heavy atom. The lowest BCUT2D eigenvalue weighted by molar-refractivity contribution is 0.941. The van der Waals surface area contributed by atoms with Crippen molar-refractivity contribution >= 4 is 23.0 Å². The summed E-state index contributed by atoms with van der Waals surface area (Å²) in [4.78, 5) is 0. The molecule has 1 aliphatic heterocycles. The van der Waals surface area contributed by atoms with Crippen LogP contribution in [0.5, 0.6) is 0 Å². The molecule has 0 amide bonds. The van der Waals surface area contributed by atoms with Gasteiger partial charge in [-0.05, 0) is 26.1 Å². The summed E-state index contributed by atoms with van der Waals surface area (Å²) in [6, 6.07) is 0. The lowest BCUT2D eigenvalue weighted by Crippen LogP contribution is -2.38. The summed E-state index contributed by atoms with van der Waals surface area (Å²) in [6.45, 7) is 3.85. The van der Waals surface area contributed by atoms with E-state index in [-0.39, 0.29) is 0 Å². The standard InChI is InChI=1S/C6H9N3S/c1-3-5-4(2)8-9-6(10)7-5/h3H,1-2H3,(H2,7,9,10)/b5-3+. The molecule has 1 heterocycles. The highest BCUT2D eigenvalue weighted by atomic mass is 32.1. The average Bonchev–Trinajstić information content (AvgIpc) is 1.94. The lowest BCUT2D eigenvalue weighted by atomic mass is 10.3. The second-order valence-corrected chi connectivity index (χ2v) is 2.37. The molecule has 0 atom stereocenters. The summed E-state index contributed by atoms with van der Waals surface area (Å²) in [6.07, 6.45) is 1.94. The number of hydrogen-bond donors (Lipinski definition) is 2. The zero-order valence-electron chi connectivity index (χ0n) is 5.93. The smallest absolute Gasteiger partial charge is 0.191 e. The van der Waals surface area contributed by atoms with Gasteiger partial charge in [0, 0.05) is 0 Å². The van der Waals surface area contributed by atoms with Gasteiger partial charge in [0.1, 0.15) is 0 Å². The van der Waals surface area contributed by atoms with Crippen LogP contribution in [0.2, 0.25) is 0 Å². The molecule has 0 fully saturated rings. The number of thiocarbonyl (C=S) groups is 1. The van der Waals surface area contributed by atoms with E-state index >= 15 is 0 Å². The minimum atomic E-state index is 0.554. The van der Waals surface area contributed by atoms with Crippen molar-refractivity contribution in [3.05, 3.63) is 11.8 Å². The fourth-order valence-electron chi connectivity index (χ4n) is 0.717. The highest BCUT2D eigenvalue weighted by Gasteiger charge is 2.07. The SMILES string of the molecule is C/C=C1/NC(=S)NN=C1C. The Morgan fingerprint density at radius 2 is 2.30 bits per heavy atom. The molecule has 0 saturated heterocycles. The highest BCUT2D eigenvalue weighted by Crippen LogP contribution is 1.96. The molecule has 0 aromatic heterocycles. The van der Waals surface area contributed by atoms with Crippen molar-refractivity contribution < 1.29 is 0 Å². The van der Waals surface area contributed by atoms with Crippen LogP contribution in [0.1, 0.15) is 13.8 Å². The summed E-state index contributed by atoms with van der Waals surface area (Å²) >= 11 is 4.83. The molecular formula is C6H9N3S. The van der Waals surface area contributed by atoms with E-state index < -0.39 is 0 Å². The average molecular weight is 155 g/mol. The fourth-order valence-corrected chi connectivity index (χ4v) is 0.872. The van der Waals surface area contributed by atoms with Crippen LogP contribution in [0.15, 0.2) is 16.9 Å². The third-order valence-electron chi connectivity index (χ3n) is 1.25. The van der Waals surface area contributed by atoms with Crippen LogP contribution in [0, 0.1) is 0 Å². The third kappa shape index (κ3) is 1.33. The molecule has 0 radical (unpaired) electrons. The Morgan fingerprint density at radius 1 is 1.60 bits per heavy atom. The number of rotatable bonds is 0. The molecule has 1 rings (SSSR count). The Bertz CT molecular complexity index is 217. The van der Waals surface area contributed by atoms with E-state index in [2.05, 4.69) is 15.8 Å². The predicted molar refractivity (Wildman–Crippen MR) is 45.7 cm³/mol. The van der Waals surface area contributed by atoms with Gasteiger partial charge in [-0.2, -0.15) is 5.10 Å². The van der Waals surface area contributed by atoms with E-state index in [1.54, 1.807) is 0 Å². The second kappa shape index (κ2) is 2.79. The van der Waals surface area contributed by atoms with Gasteiger partial charge in [-0.15, -0.1) is 0 Å². The van der Waals surface area contributed by atoms with E-state index in [0.29, 0.717) is 5.11 Å². The van der Waals surface area contributed by atoms with Gasteiger partial charge >= 0.3 is 0 Å². The quantitative estimate of drug-likeness (QED) is 0.507. The topological polar surface area (TPSA) is 36.4 Å². The number of nitrogens with one attached hydrogen (secondary N) is 2. The summed E-state index contributed by atoms with van der Waals surface area (Å²) in [5.41, 5.74) is 4.57. The monoisotopic (exact) mass is 155 g/mol. The van der Waals surface area contributed by atoms with E-state index in [0.717, 1.165) is 11.4 Å². The molecule has 2 N–H and O–H groups in total. The van der Waals surface area contributed by atoms with Crippen LogP contribution >= 0.6 is 12.2 Å². The molecule has 10 heavy (non-hydrogen) atoms. The van der Waals surface area contributed by atoms with Gasteiger partial charge in [0.25, 0.3) is 0 Å². The van der Waals surface area contributed by atoms with Crippen molar-refractivity contribution in [3.63, 3.8) is 0 Å². The van der Waals surface area contributed by atoms with Gasteiger partial charge < -0.3 is 5.32 Å². The molecule has 1 aliphatic rings. The first-order chi connectivity index (χ1) is 4.74. The third-order valence-corrected chi connectivity index (χ3v) is 1.45. The summed E-state index contributed by atoms with van der Waals surface area (Å²) in [5, 5.41) is 7.48. The Hall–Kier alpha value is -0.900. The van der Waals surface area contributed by atoms with Gasteiger partial charge in [-0.3, -0.25) is 5.43 Å². The fraction of sp³-hybridized carbons (Fsp3) is 0.333. The normalized spacial score (nSPS) is 21.6. The van der Waals surface area contributed by atoms with Crippen molar-refractivity contribution in [1.82, 2.24) is 10.7 Å². The van der Waals surface area contributed by atoms with Crippen LogP contribution in [0.4, 0.5) is 0 Å². The van der Waals surface area contributed by atoms with E-state index in [1.165, 1.54) is 0 Å². The van der Waals surface area contributed by atoms with E-state index in [9.17, 15) is 0 Å². The van der Waals surface area contributed by atoms with Crippen molar-refractivity contribution in [2.45, 2.75) is 13.8 Å². The van der Waals surface area contributed by atoms with Crippen molar-refractivity contribution in [2.24, 2.45) is 5.10 Å². The van der Waals surface area contributed by atoms with E-state index in [4.69, 9.17) is 12.2 Å². The first kappa shape index (κ1) is 7.21. The number of allylic oxidation sites excluding steroid dienone is 2. The van der Waals surface area contributed by atoms with Gasteiger partial charge in [0.15, 0.2) is 5.11 Å². The van der Waals surface area contributed by atoms with E-state index in [1.807, 2.05) is 19.9 Å². The Labute approximate surface area is 65.2 Å². The Kier molecular flexibility index (Phi) is 2.01. The van der Waals surface area contributed by atoms with Crippen molar-refractivity contribution in [1.29, 1.82) is 0 Å². The zero-order valence-corrected chi connectivity index (χ0v) is 6.75. The molecule has 0 aliphatic carbocycles. The molecule has 54 valence electrons. The highest BCUT2D eigenvalue weighted by molar-refractivity contribution is 7.80. The van der Waals surface area contributed by atoms with Crippen molar-refractivity contribution in [3.8, 4) is 0 Å². The number of hydrogen-bond acceptors (Lipinski definition) is 2. The minimum absolute atomic E-state index is 0.554. The molecule has 0 spiro atoms. The maximum atomic E-state index is 4.83. The van der Waals surface area contributed by atoms with Gasteiger partial charge in [-0.25, -0.2) is 0 Å². The van der Waals surface area contributed by atoms with Crippen LogP contribution < -0.4 is 10.7 Å². The van der Waals surface area contributed by atoms with Crippen LogP contribution in [0.25, 0.3) is 0 Å².